The van der Waals surface area contributed by atoms with Gasteiger partial charge in [0.1, 0.15) is 0 Å². The van der Waals surface area contributed by atoms with Crippen LogP contribution >= 0.6 is 0 Å². The van der Waals surface area contributed by atoms with Crippen LogP contribution < -0.4 is 0 Å². The van der Waals surface area contributed by atoms with Gasteiger partial charge in [-0.05, 0) is 30.6 Å². The van der Waals surface area contributed by atoms with Crippen molar-refractivity contribution in [3.8, 4) is 0 Å². The van der Waals surface area contributed by atoms with Crippen LogP contribution in [0, 0.1) is 11.3 Å². The van der Waals surface area contributed by atoms with Gasteiger partial charge in [0, 0.05) is 13.8 Å². The van der Waals surface area contributed by atoms with E-state index in [-0.39, 0.29) is 11.9 Å². The Morgan fingerprint density at radius 2 is 1.43 bits per heavy atom. The lowest BCUT2D eigenvalue weighted by Gasteiger charge is -2.22. The first-order valence-electron chi connectivity index (χ1n) is 8.85. The molecule has 0 aliphatic heterocycles. The maximum absolute atomic E-state index is 10.5. The highest BCUT2D eigenvalue weighted by atomic mass is 16.5. The number of carbonyl (C=O) groups is 2. The molecule has 0 aliphatic carbocycles. The molecule has 0 aromatic rings. The van der Waals surface area contributed by atoms with Gasteiger partial charge in [-0.2, -0.15) is 0 Å². The molecule has 0 N–H and O–H groups in total. The monoisotopic (exact) mass is 330 g/mol. The Hall–Kier alpha value is -1.06. The first-order chi connectivity index (χ1) is 10.6. The van der Waals surface area contributed by atoms with Gasteiger partial charge in [0.2, 0.25) is 0 Å². The van der Waals surface area contributed by atoms with E-state index in [0.717, 1.165) is 12.8 Å². The van der Waals surface area contributed by atoms with Crippen LogP contribution in [0.4, 0.5) is 0 Å². The Balaban J connectivity index is 0. The van der Waals surface area contributed by atoms with Crippen molar-refractivity contribution < 1.29 is 19.1 Å². The molecule has 0 saturated carbocycles. The first kappa shape index (κ1) is 24.2. The minimum atomic E-state index is -0.178. The smallest absolute Gasteiger partial charge is 0.302 e. The second kappa shape index (κ2) is 14.5. The molecule has 4 nitrogen and oxygen atoms in total. The lowest BCUT2D eigenvalue weighted by molar-refractivity contribution is -0.142. The van der Waals surface area contributed by atoms with E-state index in [1.54, 1.807) is 0 Å². The third kappa shape index (κ3) is 26.2. The minimum absolute atomic E-state index is 0.170. The van der Waals surface area contributed by atoms with E-state index in [9.17, 15) is 9.59 Å². The minimum Gasteiger partial charge on any atom is -0.466 e. The summed E-state index contributed by atoms with van der Waals surface area (Å²) in [4.78, 5) is 20.7. The van der Waals surface area contributed by atoms with Crippen molar-refractivity contribution in [1.29, 1.82) is 0 Å². The Morgan fingerprint density at radius 3 is 1.87 bits per heavy atom. The summed E-state index contributed by atoms with van der Waals surface area (Å²) in [6.45, 7) is 15.1. The number of ether oxygens (including phenoxy) is 2. The lowest BCUT2D eigenvalue weighted by Crippen LogP contribution is -2.13. The van der Waals surface area contributed by atoms with Gasteiger partial charge < -0.3 is 9.47 Å². The summed E-state index contributed by atoms with van der Waals surface area (Å²) in [6.07, 6.45) is 6.78. The fourth-order valence-electron chi connectivity index (χ4n) is 2.30. The van der Waals surface area contributed by atoms with Gasteiger partial charge in [-0.1, -0.05) is 53.9 Å². The summed E-state index contributed by atoms with van der Waals surface area (Å²) in [5, 5.41) is 0. The van der Waals surface area contributed by atoms with Gasteiger partial charge in [-0.25, -0.2) is 0 Å². The van der Waals surface area contributed by atoms with Gasteiger partial charge in [0.05, 0.1) is 13.2 Å². The van der Waals surface area contributed by atoms with Crippen molar-refractivity contribution in [3.05, 3.63) is 0 Å². The highest BCUT2D eigenvalue weighted by molar-refractivity contribution is 5.66. The van der Waals surface area contributed by atoms with E-state index in [4.69, 9.17) is 9.47 Å². The zero-order chi connectivity index (χ0) is 18.3. The van der Waals surface area contributed by atoms with Gasteiger partial charge in [-0.3, -0.25) is 9.59 Å². The van der Waals surface area contributed by atoms with Crippen molar-refractivity contribution in [2.24, 2.45) is 11.3 Å². The van der Waals surface area contributed by atoms with Crippen molar-refractivity contribution >= 4 is 11.9 Å². The first-order valence-corrected chi connectivity index (χ1v) is 8.85. The average molecular weight is 331 g/mol. The molecule has 0 fully saturated rings. The maximum atomic E-state index is 10.5. The Morgan fingerprint density at radius 1 is 0.913 bits per heavy atom. The maximum Gasteiger partial charge on any atom is 0.302 e. The van der Waals surface area contributed by atoms with Crippen molar-refractivity contribution in [1.82, 2.24) is 0 Å². The summed E-state index contributed by atoms with van der Waals surface area (Å²) in [6, 6.07) is 0. The number of esters is 2. The fraction of sp³-hybridized carbons (Fsp3) is 0.895. The predicted octanol–water partition coefficient (Wildman–Crippen LogP) is 5.14. The topological polar surface area (TPSA) is 52.6 Å². The molecule has 0 amide bonds. The molecular formula is C19H38O4. The summed E-state index contributed by atoms with van der Waals surface area (Å²) in [5.74, 6) is 0.277. The Labute approximate surface area is 143 Å². The van der Waals surface area contributed by atoms with Crippen molar-refractivity contribution in [3.63, 3.8) is 0 Å². The molecule has 1 unspecified atom stereocenters. The van der Waals surface area contributed by atoms with E-state index < -0.39 is 0 Å². The van der Waals surface area contributed by atoms with Crippen LogP contribution in [0.25, 0.3) is 0 Å². The highest BCUT2D eigenvalue weighted by Gasteiger charge is 2.15. The van der Waals surface area contributed by atoms with Crippen molar-refractivity contribution in [2.45, 2.75) is 87.0 Å². The number of unbranched alkanes of at least 4 members (excludes halogenated alkanes) is 3. The van der Waals surface area contributed by atoms with Crippen LogP contribution in [0.2, 0.25) is 0 Å². The van der Waals surface area contributed by atoms with E-state index in [1.807, 2.05) is 0 Å². The third-order valence-electron chi connectivity index (χ3n) is 3.18. The molecule has 0 bridgehead atoms. The Bertz CT molecular complexity index is 305. The quantitative estimate of drug-likeness (QED) is 0.434. The predicted molar refractivity (Wildman–Crippen MR) is 95.3 cm³/mol. The SMILES string of the molecule is CC(=O)OCCC(C)CC(C)(C)C.CCCCCCOC(C)=O. The zero-order valence-electron chi connectivity index (χ0n) is 16.4. The van der Waals surface area contributed by atoms with Gasteiger partial charge in [0.25, 0.3) is 0 Å². The fourth-order valence-corrected chi connectivity index (χ4v) is 2.30. The number of carbonyl (C=O) groups excluding carboxylic acids is 2. The van der Waals surface area contributed by atoms with Crippen LogP contribution in [0.15, 0.2) is 0 Å². The van der Waals surface area contributed by atoms with Crippen LogP contribution in [-0.2, 0) is 19.1 Å². The number of rotatable bonds is 9. The lowest BCUT2D eigenvalue weighted by atomic mass is 9.84. The number of hydrogen-bond acceptors (Lipinski definition) is 4. The normalized spacial score (nSPS) is 12.0. The molecule has 0 heterocycles. The summed E-state index contributed by atoms with van der Waals surface area (Å²) >= 11 is 0. The zero-order valence-corrected chi connectivity index (χ0v) is 16.4. The molecule has 1 atom stereocenters. The van der Waals surface area contributed by atoms with Crippen molar-refractivity contribution in [2.75, 3.05) is 13.2 Å². The van der Waals surface area contributed by atoms with Gasteiger partial charge in [-0.15, -0.1) is 0 Å². The molecule has 0 aromatic carbocycles. The van der Waals surface area contributed by atoms with Crippen LogP contribution in [0.3, 0.4) is 0 Å². The largest absolute Gasteiger partial charge is 0.466 e. The van der Waals surface area contributed by atoms with E-state index in [2.05, 4.69) is 34.6 Å². The average Bonchev–Trinajstić information content (AvgIpc) is 2.36. The third-order valence-corrected chi connectivity index (χ3v) is 3.18. The summed E-state index contributed by atoms with van der Waals surface area (Å²) in [5.41, 5.74) is 0.371. The second-order valence-electron chi connectivity index (χ2n) is 7.40. The van der Waals surface area contributed by atoms with Gasteiger partial charge >= 0.3 is 11.9 Å². The van der Waals surface area contributed by atoms with E-state index in [0.29, 0.717) is 24.5 Å². The van der Waals surface area contributed by atoms with Crippen LogP contribution in [-0.4, -0.2) is 25.2 Å². The molecule has 0 aromatic heterocycles. The van der Waals surface area contributed by atoms with Crippen LogP contribution in [0.5, 0.6) is 0 Å². The molecule has 0 rings (SSSR count). The molecule has 4 heteroatoms. The van der Waals surface area contributed by atoms with Crippen LogP contribution in [0.1, 0.15) is 87.0 Å². The molecular weight excluding hydrogens is 292 g/mol. The number of hydrogen-bond donors (Lipinski definition) is 0. The molecule has 0 aliphatic rings. The summed E-state index contributed by atoms with van der Waals surface area (Å²) in [7, 11) is 0. The highest BCUT2D eigenvalue weighted by Crippen LogP contribution is 2.25. The summed E-state index contributed by atoms with van der Waals surface area (Å²) < 4.78 is 9.64. The van der Waals surface area contributed by atoms with E-state index in [1.165, 1.54) is 39.5 Å². The standard InChI is InChI=1S/C11H22O2.C8H16O2/c1-9(8-11(3,4)5)6-7-13-10(2)12;1-3-4-5-6-7-10-8(2)9/h9H,6-8H2,1-5H3;3-7H2,1-2H3. The molecule has 0 radical (unpaired) electrons. The molecule has 23 heavy (non-hydrogen) atoms. The van der Waals surface area contributed by atoms with Gasteiger partial charge in [0.15, 0.2) is 0 Å². The molecule has 138 valence electrons. The second-order valence-corrected chi connectivity index (χ2v) is 7.40. The van der Waals surface area contributed by atoms with E-state index >= 15 is 0 Å². The Kier molecular flexibility index (Phi) is 15.3. The molecule has 0 spiro atoms. The molecule has 0 saturated heterocycles.